The second-order valence-electron chi connectivity index (χ2n) is 11.0. The van der Waals surface area contributed by atoms with E-state index >= 15 is 0 Å². The predicted molar refractivity (Wildman–Crippen MR) is 173 cm³/mol. The molecule has 46 heavy (non-hydrogen) atoms. The molecule has 12 nitrogen and oxygen atoms in total. The van der Waals surface area contributed by atoms with E-state index in [2.05, 4.69) is 25.7 Å². The number of benzene rings is 2. The van der Waals surface area contributed by atoms with E-state index < -0.39 is 30.0 Å². The van der Waals surface area contributed by atoms with E-state index in [1.165, 1.54) is 19.2 Å². The molecule has 0 saturated carbocycles. The molecule has 0 fully saturated rings. The number of aldehydes is 1. The number of imidazole rings is 1. The zero-order valence-electron chi connectivity index (χ0n) is 26.2. The summed E-state index contributed by atoms with van der Waals surface area (Å²) in [6.45, 7) is 2.18. The highest BCUT2D eigenvalue weighted by Crippen LogP contribution is 2.38. The number of likely N-dealkylation sites (N-methyl/N-ethyl adjacent to an activating group) is 1. The third-order valence-electron chi connectivity index (χ3n) is 7.85. The van der Waals surface area contributed by atoms with Crippen molar-refractivity contribution >= 4 is 53.0 Å². The molecule has 3 aromatic rings. The number of amides is 3. The Labute approximate surface area is 271 Å². The summed E-state index contributed by atoms with van der Waals surface area (Å²) < 4.78 is 24.9. The van der Waals surface area contributed by atoms with Crippen LogP contribution in [-0.4, -0.2) is 67.0 Å². The van der Waals surface area contributed by atoms with Gasteiger partial charge in [-0.3, -0.25) is 15.4 Å². The number of anilines is 3. The predicted octanol–water partition coefficient (Wildman–Crippen LogP) is 6.78. The average molecular weight is 657 g/mol. The number of nitrogens with zero attached hydrogens (tertiary/aromatic N) is 2. The van der Waals surface area contributed by atoms with Crippen LogP contribution in [0.1, 0.15) is 67.6 Å². The molecule has 2 unspecified atom stereocenters. The highest BCUT2D eigenvalue weighted by Gasteiger charge is 2.32. The fraction of sp³-hybridized carbons (Fsp3) is 0.406. The van der Waals surface area contributed by atoms with E-state index in [0.29, 0.717) is 67.2 Å². The summed E-state index contributed by atoms with van der Waals surface area (Å²) in [7, 11) is 4.72. The minimum atomic E-state index is -0.851. The second-order valence-corrected chi connectivity index (χ2v) is 11.4. The topological polar surface area (TPSA) is 155 Å². The molecule has 0 radical (unpaired) electrons. The maximum Gasteiger partial charge on any atom is 0.412 e. The van der Waals surface area contributed by atoms with Gasteiger partial charge >= 0.3 is 12.2 Å². The molecule has 1 aliphatic rings. The molecule has 3 amide bonds. The number of carbonyl (C=O) groups is 4. The number of aryl methyl sites for hydroxylation is 1. The molecule has 2 heterocycles. The van der Waals surface area contributed by atoms with E-state index in [1.54, 1.807) is 31.1 Å². The molecule has 2 atom stereocenters. The molecule has 0 saturated heterocycles. The highest BCUT2D eigenvalue weighted by atomic mass is 35.5. The number of cyclic esters (lactones) is 1. The molecule has 4 rings (SSSR count). The van der Waals surface area contributed by atoms with Gasteiger partial charge in [0, 0.05) is 49.7 Å². The van der Waals surface area contributed by atoms with Crippen molar-refractivity contribution in [2.24, 2.45) is 0 Å². The van der Waals surface area contributed by atoms with Crippen LogP contribution in [-0.2, 0) is 19.1 Å². The number of halogens is 2. The normalized spacial score (nSPS) is 14.4. The molecule has 0 bridgehead atoms. The van der Waals surface area contributed by atoms with Gasteiger partial charge in [-0.25, -0.2) is 19.0 Å². The lowest BCUT2D eigenvalue weighted by Gasteiger charge is -2.28. The van der Waals surface area contributed by atoms with Gasteiger partial charge in [0.25, 0.3) is 0 Å². The van der Waals surface area contributed by atoms with Gasteiger partial charge in [0.05, 0.1) is 35.0 Å². The van der Waals surface area contributed by atoms with Crippen molar-refractivity contribution in [2.45, 2.75) is 57.5 Å². The summed E-state index contributed by atoms with van der Waals surface area (Å²) in [5.41, 5.74) is 3.89. The van der Waals surface area contributed by atoms with Crippen LogP contribution in [0.4, 0.5) is 31.0 Å². The summed E-state index contributed by atoms with van der Waals surface area (Å²) >= 11 is 5.98. The first-order valence-corrected chi connectivity index (χ1v) is 15.3. The fourth-order valence-electron chi connectivity index (χ4n) is 5.48. The molecule has 4 N–H and O–H groups in total. The van der Waals surface area contributed by atoms with Crippen LogP contribution in [0.5, 0.6) is 0 Å². The number of aromatic amines is 1. The van der Waals surface area contributed by atoms with E-state index in [9.17, 15) is 23.6 Å². The third-order valence-corrected chi connectivity index (χ3v) is 8.14. The highest BCUT2D eigenvalue weighted by molar-refractivity contribution is 6.31. The van der Waals surface area contributed by atoms with Crippen molar-refractivity contribution in [3.8, 4) is 11.3 Å². The number of rotatable bonds is 14. The van der Waals surface area contributed by atoms with Crippen molar-refractivity contribution in [3.63, 3.8) is 0 Å². The molecule has 2 aromatic carbocycles. The molecule has 246 valence electrons. The Morgan fingerprint density at radius 1 is 1.24 bits per heavy atom. The Kier molecular flexibility index (Phi) is 11.6. The minimum Gasteiger partial charge on any atom is -0.453 e. The van der Waals surface area contributed by atoms with Crippen molar-refractivity contribution in [1.29, 1.82) is 0 Å². The standard InChI is InChI=1S/C32H38ClFN6O6/c1-18-28(20-12-11-19(17-24(20)35-2)37-31(43)45-4)39-29(36-18)21(9-6-5-7-16-41)30(42)40(3)15-8-10-25-26-23(38-32(44)46-25)14-13-22(33)27(26)34/h11-14,16-17,21,25,35H,5-10,15H2,1-4H3,(H,36,39)(H,37,43)(H,38,44). The fourth-order valence-corrected chi connectivity index (χ4v) is 5.64. The van der Waals surface area contributed by atoms with Crippen LogP contribution >= 0.6 is 11.6 Å². The molecule has 0 spiro atoms. The molecular formula is C32H38ClFN6O6. The first-order valence-electron chi connectivity index (χ1n) is 15.0. The van der Waals surface area contributed by atoms with Crippen LogP contribution < -0.4 is 16.0 Å². The summed E-state index contributed by atoms with van der Waals surface area (Å²) in [4.78, 5) is 58.3. The number of fused-ring (bicyclic) bond motifs is 1. The van der Waals surface area contributed by atoms with Gasteiger partial charge in [-0.2, -0.15) is 0 Å². The summed E-state index contributed by atoms with van der Waals surface area (Å²) in [6.07, 6.45) is 1.56. The van der Waals surface area contributed by atoms with Crippen molar-refractivity contribution in [3.05, 3.63) is 58.3 Å². The Hall–Kier alpha value is -4.65. The number of hydrogen-bond donors (Lipinski definition) is 4. The second kappa shape index (κ2) is 15.6. The summed E-state index contributed by atoms with van der Waals surface area (Å²) in [5, 5.41) is 8.18. The number of carbonyl (C=O) groups excluding carboxylic acids is 4. The molecule has 1 aromatic heterocycles. The number of aromatic nitrogens is 2. The molecule has 0 aliphatic carbocycles. The van der Waals surface area contributed by atoms with Crippen molar-refractivity contribution < 1.29 is 33.0 Å². The van der Waals surface area contributed by atoms with Gasteiger partial charge < -0.3 is 29.5 Å². The van der Waals surface area contributed by atoms with Crippen LogP contribution in [0.2, 0.25) is 5.02 Å². The number of methoxy groups -OCH3 is 1. The lowest BCUT2D eigenvalue weighted by molar-refractivity contribution is -0.132. The Morgan fingerprint density at radius 2 is 2.02 bits per heavy atom. The molecule has 14 heteroatoms. The number of hydrogen-bond acceptors (Lipinski definition) is 8. The maximum atomic E-state index is 14.8. The molecular weight excluding hydrogens is 619 g/mol. The van der Waals surface area contributed by atoms with Crippen LogP contribution in [0.3, 0.4) is 0 Å². The van der Waals surface area contributed by atoms with Crippen LogP contribution in [0.25, 0.3) is 11.3 Å². The monoisotopic (exact) mass is 656 g/mol. The Morgan fingerprint density at radius 3 is 2.74 bits per heavy atom. The largest absolute Gasteiger partial charge is 0.453 e. The van der Waals surface area contributed by atoms with Gasteiger partial charge in [0.2, 0.25) is 5.91 Å². The summed E-state index contributed by atoms with van der Waals surface area (Å²) in [5.74, 6) is -0.943. The van der Waals surface area contributed by atoms with Crippen LogP contribution in [0.15, 0.2) is 30.3 Å². The van der Waals surface area contributed by atoms with Crippen molar-refractivity contribution in [1.82, 2.24) is 14.9 Å². The minimum absolute atomic E-state index is 0.0723. The van der Waals surface area contributed by atoms with Crippen molar-refractivity contribution in [2.75, 3.05) is 43.7 Å². The van der Waals surface area contributed by atoms with E-state index in [0.717, 1.165) is 17.5 Å². The quantitative estimate of drug-likeness (QED) is 0.109. The number of unbranched alkanes of at least 4 members (excludes halogenated alkanes) is 2. The zero-order chi connectivity index (χ0) is 33.4. The SMILES string of the molecule is CNc1cc(NC(=O)OC)ccc1-c1nc(C(CCCCC=O)C(=O)N(C)CCCC2OC(=O)Nc3ccc(Cl)c(F)c32)[nH]c1C. The Bertz CT molecular complexity index is 1600. The Balaban J connectivity index is 1.51. The zero-order valence-corrected chi connectivity index (χ0v) is 26.9. The lowest BCUT2D eigenvalue weighted by atomic mass is 9.98. The number of H-pyrrole nitrogens is 1. The van der Waals surface area contributed by atoms with Gasteiger partial charge in [-0.05, 0) is 62.9 Å². The number of nitrogens with one attached hydrogen (secondary N) is 4. The third kappa shape index (κ3) is 7.94. The van der Waals surface area contributed by atoms with E-state index in [4.69, 9.17) is 21.3 Å². The first kappa shape index (κ1) is 34.2. The molecule has 1 aliphatic heterocycles. The van der Waals surface area contributed by atoms with Gasteiger partial charge in [0.15, 0.2) is 5.82 Å². The summed E-state index contributed by atoms with van der Waals surface area (Å²) in [6, 6.07) is 8.21. The average Bonchev–Trinajstić information content (AvgIpc) is 3.42. The van der Waals surface area contributed by atoms with E-state index in [1.807, 2.05) is 13.0 Å². The van der Waals surface area contributed by atoms with Gasteiger partial charge in [-0.15, -0.1) is 0 Å². The van der Waals surface area contributed by atoms with Crippen LogP contribution in [0, 0.1) is 12.7 Å². The van der Waals surface area contributed by atoms with E-state index in [-0.39, 0.29) is 22.9 Å². The van der Waals surface area contributed by atoms with Gasteiger partial charge in [0.1, 0.15) is 18.2 Å². The maximum absolute atomic E-state index is 14.8. The number of ether oxygens (including phenoxy) is 2. The van der Waals surface area contributed by atoms with Gasteiger partial charge in [-0.1, -0.05) is 18.0 Å². The smallest absolute Gasteiger partial charge is 0.412 e. The lowest BCUT2D eigenvalue weighted by Crippen LogP contribution is -2.33. The first-order chi connectivity index (χ1) is 22.1.